The molecule has 21 heavy (non-hydrogen) atoms. The van der Waals surface area contributed by atoms with E-state index in [1.54, 1.807) is 13.2 Å². The Hall–Kier alpha value is -1.91. The van der Waals surface area contributed by atoms with Crippen LogP contribution in [0.3, 0.4) is 0 Å². The molecule has 5 heteroatoms. The number of nitrogens with two attached hydrogens (primary N) is 1. The van der Waals surface area contributed by atoms with Crippen LogP contribution in [0.1, 0.15) is 5.56 Å². The maximum Gasteiger partial charge on any atom is 0.138 e. The molecule has 0 aromatic heterocycles. The second-order valence-corrected chi connectivity index (χ2v) is 4.75. The molecule has 4 nitrogen and oxygen atoms in total. The quantitative estimate of drug-likeness (QED) is 0.798. The fraction of sp³-hybridized carbons (Fsp3) is 0.250. The number of hydrogen-bond acceptors (Lipinski definition) is 4. The van der Waals surface area contributed by atoms with E-state index in [0.717, 1.165) is 17.1 Å². The second-order valence-electron chi connectivity index (χ2n) is 4.34. The number of halogens is 1. The molecule has 0 saturated carbocycles. The van der Waals surface area contributed by atoms with Crippen molar-refractivity contribution < 1.29 is 14.2 Å². The van der Waals surface area contributed by atoms with Gasteiger partial charge >= 0.3 is 0 Å². The molecule has 0 radical (unpaired) electrons. The van der Waals surface area contributed by atoms with Gasteiger partial charge < -0.3 is 19.9 Å². The topological polar surface area (TPSA) is 53.7 Å². The third-order valence-corrected chi connectivity index (χ3v) is 3.20. The minimum absolute atomic E-state index is 0.410. The van der Waals surface area contributed by atoms with Gasteiger partial charge in [-0.3, -0.25) is 0 Å². The van der Waals surface area contributed by atoms with Gasteiger partial charge in [-0.25, -0.2) is 0 Å². The summed E-state index contributed by atoms with van der Waals surface area (Å²) in [6, 6.07) is 12.9. The van der Waals surface area contributed by atoms with Crippen LogP contribution in [0.5, 0.6) is 17.2 Å². The van der Waals surface area contributed by atoms with Gasteiger partial charge in [-0.15, -0.1) is 0 Å². The number of benzene rings is 2. The zero-order chi connectivity index (χ0) is 15.1. The molecule has 2 aromatic rings. The van der Waals surface area contributed by atoms with E-state index in [-0.39, 0.29) is 0 Å². The van der Waals surface area contributed by atoms with E-state index in [1.807, 2.05) is 36.4 Å². The van der Waals surface area contributed by atoms with E-state index in [4.69, 9.17) is 31.5 Å². The molecule has 112 valence electrons. The van der Waals surface area contributed by atoms with Crippen LogP contribution in [-0.2, 0) is 6.54 Å². The summed E-state index contributed by atoms with van der Waals surface area (Å²) in [5.41, 5.74) is 6.52. The molecule has 0 saturated heterocycles. The highest BCUT2D eigenvalue weighted by atomic mass is 35.5. The molecule has 2 aromatic carbocycles. The standard InChI is InChI=1S/C16H18ClNO3/c1-19-13-3-5-14(6-4-13)20-8-9-21-16-7-2-12(11-18)10-15(16)17/h2-7,10H,8-9,11,18H2,1H3. The molecule has 0 amide bonds. The van der Waals surface area contributed by atoms with Crippen molar-refractivity contribution in [1.29, 1.82) is 0 Å². The largest absolute Gasteiger partial charge is 0.497 e. The Morgan fingerprint density at radius 2 is 1.62 bits per heavy atom. The summed E-state index contributed by atoms with van der Waals surface area (Å²) < 4.78 is 16.2. The second kappa shape index (κ2) is 7.76. The van der Waals surface area contributed by atoms with Gasteiger partial charge in [0.05, 0.1) is 12.1 Å². The van der Waals surface area contributed by atoms with Crippen LogP contribution in [0.25, 0.3) is 0 Å². The maximum atomic E-state index is 6.10. The molecule has 0 bridgehead atoms. The first-order valence-corrected chi connectivity index (χ1v) is 6.99. The van der Waals surface area contributed by atoms with Crippen molar-refractivity contribution in [3.8, 4) is 17.2 Å². The zero-order valence-electron chi connectivity index (χ0n) is 11.8. The van der Waals surface area contributed by atoms with Crippen LogP contribution in [0.15, 0.2) is 42.5 Å². The molecule has 0 fully saturated rings. The Morgan fingerprint density at radius 3 is 2.24 bits per heavy atom. The van der Waals surface area contributed by atoms with Crippen molar-refractivity contribution in [3.05, 3.63) is 53.1 Å². The fourth-order valence-corrected chi connectivity index (χ4v) is 2.03. The summed E-state index contributed by atoms with van der Waals surface area (Å²) >= 11 is 6.10. The zero-order valence-corrected chi connectivity index (χ0v) is 12.6. The van der Waals surface area contributed by atoms with E-state index in [0.29, 0.717) is 30.5 Å². The minimum Gasteiger partial charge on any atom is -0.497 e. The van der Waals surface area contributed by atoms with Crippen LogP contribution in [0.4, 0.5) is 0 Å². The SMILES string of the molecule is COc1ccc(OCCOc2ccc(CN)cc2Cl)cc1. The summed E-state index contributed by atoms with van der Waals surface area (Å²) in [4.78, 5) is 0. The molecule has 0 unspecified atom stereocenters. The molecule has 0 aliphatic rings. The van der Waals surface area contributed by atoms with Gasteiger partial charge in [0.15, 0.2) is 0 Å². The normalized spacial score (nSPS) is 10.2. The van der Waals surface area contributed by atoms with Crippen LogP contribution < -0.4 is 19.9 Å². The van der Waals surface area contributed by atoms with Gasteiger partial charge in [-0.1, -0.05) is 17.7 Å². The number of methoxy groups -OCH3 is 1. The molecule has 2 rings (SSSR count). The highest BCUT2D eigenvalue weighted by Crippen LogP contribution is 2.25. The van der Waals surface area contributed by atoms with Crippen molar-refractivity contribution >= 4 is 11.6 Å². The molecular formula is C16H18ClNO3. The molecule has 0 heterocycles. The van der Waals surface area contributed by atoms with Crippen molar-refractivity contribution in [2.75, 3.05) is 20.3 Å². The lowest BCUT2D eigenvalue weighted by Crippen LogP contribution is -2.09. The van der Waals surface area contributed by atoms with Crippen molar-refractivity contribution in [2.24, 2.45) is 5.73 Å². The third kappa shape index (κ3) is 4.55. The van der Waals surface area contributed by atoms with Crippen LogP contribution in [0, 0.1) is 0 Å². The predicted molar refractivity (Wildman–Crippen MR) is 83.3 cm³/mol. The number of ether oxygens (including phenoxy) is 3. The summed E-state index contributed by atoms with van der Waals surface area (Å²) in [6.07, 6.45) is 0. The number of rotatable bonds is 7. The van der Waals surface area contributed by atoms with Crippen molar-refractivity contribution in [1.82, 2.24) is 0 Å². The fourth-order valence-electron chi connectivity index (χ4n) is 1.77. The van der Waals surface area contributed by atoms with E-state index in [2.05, 4.69) is 0 Å². The first-order chi connectivity index (χ1) is 10.2. The Morgan fingerprint density at radius 1 is 0.952 bits per heavy atom. The van der Waals surface area contributed by atoms with E-state index < -0.39 is 0 Å². The van der Waals surface area contributed by atoms with Gasteiger partial charge in [0.25, 0.3) is 0 Å². The summed E-state index contributed by atoms with van der Waals surface area (Å²) in [5, 5.41) is 0.558. The Kier molecular flexibility index (Phi) is 5.72. The summed E-state index contributed by atoms with van der Waals surface area (Å²) in [7, 11) is 1.63. The van der Waals surface area contributed by atoms with Gasteiger partial charge in [-0.05, 0) is 42.0 Å². The third-order valence-electron chi connectivity index (χ3n) is 2.90. The molecule has 0 spiro atoms. The van der Waals surface area contributed by atoms with Gasteiger partial charge in [0, 0.05) is 6.54 Å². The van der Waals surface area contributed by atoms with Gasteiger partial charge in [-0.2, -0.15) is 0 Å². The van der Waals surface area contributed by atoms with Crippen molar-refractivity contribution in [3.63, 3.8) is 0 Å². The maximum absolute atomic E-state index is 6.10. The lowest BCUT2D eigenvalue weighted by atomic mass is 10.2. The van der Waals surface area contributed by atoms with E-state index >= 15 is 0 Å². The first kappa shape index (κ1) is 15.5. The Balaban J connectivity index is 1.78. The Bertz CT molecular complexity index is 572. The minimum atomic E-state index is 0.410. The lowest BCUT2D eigenvalue weighted by molar-refractivity contribution is 0.217. The van der Waals surface area contributed by atoms with Crippen LogP contribution in [0.2, 0.25) is 5.02 Å². The highest BCUT2D eigenvalue weighted by Gasteiger charge is 2.03. The molecule has 0 aliphatic carbocycles. The highest BCUT2D eigenvalue weighted by molar-refractivity contribution is 6.32. The molecule has 0 atom stereocenters. The average molecular weight is 308 g/mol. The van der Waals surface area contributed by atoms with Crippen LogP contribution in [-0.4, -0.2) is 20.3 Å². The molecule has 0 aliphatic heterocycles. The van der Waals surface area contributed by atoms with Crippen LogP contribution >= 0.6 is 11.6 Å². The monoisotopic (exact) mass is 307 g/mol. The number of hydrogen-bond donors (Lipinski definition) is 1. The van der Waals surface area contributed by atoms with E-state index in [9.17, 15) is 0 Å². The van der Waals surface area contributed by atoms with E-state index in [1.165, 1.54) is 0 Å². The molecular weight excluding hydrogens is 290 g/mol. The predicted octanol–water partition coefficient (Wildman–Crippen LogP) is 3.27. The van der Waals surface area contributed by atoms with Gasteiger partial charge in [0.2, 0.25) is 0 Å². The van der Waals surface area contributed by atoms with Gasteiger partial charge in [0.1, 0.15) is 30.5 Å². The summed E-state index contributed by atoms with van der Waals surface area (Å²) in [6.45, 7) is 1.30. The summed E-state index contributed by atoms with van der Waals surface area (Å²) in [5.74, 6) is 2.20. The lowest BCUT2D eigenvalue weighted by Gasteiger charge is -2.10. The smallest absolute Gasteiger partial charge is 0.138 e. The molecule has 2 N–H and O–H groups in total. The van der Waals surface area contributed by atoms with Crippen molar-refractivity contribution in [2.45, 2.75) is 6.54 Å². The average Bonchev–Trinajstić information content (AvgIpc) is 2.53. The Labute approximate surface area is 129 Å². The first-order valence-electron chi connectivity index (χ1n) is 6.61.